The highest BCUT2D eigenvalue weighted by molar-refractivity contribution is 6.06. The van der Waals surface area contributed by atoms with Crippen LogP contribution in [0.15, 0.2) is 134 Å². The number of carbonyl (C=O) groups is 2. The number of rotatable bonds is 12. The Hall–Kier alpha value is -7.32. The first kappa shape index (κ1) is 49.1. The van der Waals surface area contributed by atoms with Gasteiger partial charge in [0.05, 0.1) is 16.6 Å². The number of benzene rings is 2. The number of fused-ring (bicyclic) bond motifs is 2. The molecular formula is C53H63N11O3. The summed E-state index contributed by atoms with van der Waals surface area (Å²) in [6.45, 7) is 6.75. The molecule has 2 saturated heterocycles. The van der Waals surface area contributed by atoms with Gasteiger partial charge in [-0.25, -0.2) is 33.8 Å². The van der Waals surface area contributed by atoms with E-state index in [-0.39, 0.29) is 32.4 Å². The smallest absolute Gasteiger partial charge is 0.340 e. The summed E-state index contributed by atoms with van der Waals surface area (Å²) in [5.41, 5.74) is 7.61. The van der Waals surface area contributed by atoms with Crippen molar-refractivity contribution in [1.82, 2.24) is 49.4 Å². The molecule has 1 amide bonds. The monoisotopic (exact) mass is 902 g/mol. The van der Waals surface area contributed by atoms with E-state index in [2.05, 4.69) is 49.5 Å². The molecule has 0 spiro atoms. The number of amides is 1. The number of hydrogen-bond acceptors (Lipinski definition) is 10. The maximum atomic E-state index is 13.8. The number of aromatic carboxylic acids is 1. The lowest BCUT2D eigenvalue weighted by atomic mass is 10.0. The van der Waals surface area contributed by atoms with Crippen LogP contribution in [0.1, 0.15) is 98.5 Å². The lowest BCUT2D eigenvalue weighted by molar-refractivity contribution is 0.0698. The number of carbonyl (C=O) groups excluding carboxylic acids is 1. The molecule has 10 rings (SSSR count). The fourth-order valence-corrected chi connectivity index (χ4v) is 8.31. The highest BCUT2D eigenvalue weighted by Gasteiger charge is 2.33. The number of carboxylic acid groups (broad SMARTS) is 1. The Balaban J connectivity index is 0.000000179. The van der Waals surface area contributed by atoms with Gasteiger partial charge in [0.2, 0.25) is 5.95 Å². The topological polar surface area (TPSA) is 168 Å². The maximum absolute atomic E-state index is 13.8. The SMILES string of the molecule is C.C.CCc1cnc(CC[C@@H]2CCCN2)nc1.CCc1cnc(NC[C@@H]2CCCN2C(=O)c2c(-c3ccccc3)nn3ccccc23)nc1.O=C(O)c1c(-c2ccccc2)nn2ccccc12. The number of anilines is 1. The van der Waals surface area contributed by atoms with E-state index in [0.29, 0.717) is 35.3 Å². The van der Waals surface area contributed by atoms with E-state index in [1.54, 1.807) is 27.4 Å². The molecule has 6 aromatic heterocycles. The van der Waals surface area contributed by atoms with Gasteiger partial charge in [-0.1, -0.05) is 101 Å². The zero-order valence-corrected chi connectivity index (χ0v) is 36.9. The van der Waals surface area contributed by atoms with Gasteiger partial charge in [0.1, 0.15) is 22.8 Å². The van der Waals surface area contributed by atoms with Gasteiger partial charge in [0, 0.05) is 79.9 Å². The quantitative estimate of drug-likeness (QED) is 0.107. The van der Waals surface area contributed by atoms with Crippen LogP contribution in [-0.2, 0) is 19.3 Å². The molecule has 2 aromatic carbocycles. The second-order valence-corrected chi connectivity index (χ2v) is 16.2. The Morgan fingerprint density at radius 2 is 1.22 bits per heavy atom. The third kappa shape index (κ3) is 11.9. The zero-order chi connectivity index (χ0) is 45.0. The van der Waals surface area contributed by atoms with Gasteiger partial charge in [-0.15, -0.1) is 0 Å². The summed E-state index contributed by atoms with van der Waals surface area (Å²) >= 11 is 0. The van der Waals surface area contributed by atoms with Crippen molar-refractivity contribution in [2.75, 3.05) is 25.0 Å². The molecule has 2 aliphatic rings. The molecular weight excluding hydrogens is 839 g/mol. The molecule has 3 N–H and O–H groups in total. The standard InChI is InChI=1S/C25H26N6O.C14H10N2O2.C12H19N3.2CH4/c1-2-18-15-26-25(27-16-18)28-17-20-11-8-13-30(20)24(32)22-21-12-6-7-14-31(21)29-23(22)19-9-4-3-5-10-19;17-14(18)12-11-8-4-5-9-16(11)15-13(12)10-6-2-1-3-7-10;1-2-10-8-14-12(15-9-10)6-5-11-4-3-7-13-11;;/h3-7,9-10,12,14-16,20H,2,8,11,13,17H2,1H3,(H,26,27,28);1-9H,(H,17,18);8-9,11,13H,2-7H2,1H3;2*1H4/t20-;;11-;;/m0.0../s1. The van der Waals surface area contributed by atoms with Gasteiger partial charge in [-0.3, -0.25) is 4.79 Å². The van der Waals surface area contributed by atoms with Crippen LogP contribution >= 0.6 is 0 Å². The van der Waals surface area contributed by atoms with E-state index in [0.717, 1.165) is 72.4 Å². The zero-order valence-electron chi connectivity index (χ0n) is 36.9. The average molecular weight is 902 g/mol. The van der Waals surface area contributed by atoms with Crippen molar-refractivity contribution in [1.29, 1.82) is 0 Å². The maximum Gasteiger partial charge on any atom is 0.340 e. The van der Waals surface area contributed by atoms with Gasteiger partial charge in [0.15, 0.2) is 0 Å². The minimum Gasteiger partial charge on any atom is -0.478 e. The molecule has 348 valence electrons. The summed E-state index contributed by atoms with van der Waals surface area (Å²) in [5, 5.41) is 25.3. The number of likely N-dealkylation sites (tertiary alicyclic amines) is 1. The highest BCUT2D eigenvalue weighted by Crippen LogP contribution is 2.30. The largest absolute Gasteiger partial charge is 0.478 e. The van der Waals surface area contributed by atoms with Gasteiger partial charge >= 0.3 is 5.97 Å². The second kappa shape index (κ2) is 23.7. The van der Waals surface area contributed by atoms with Crippen molar-refractivity contribution >= 4 is 28.9 Å². The summed E-state index contributed by atoms with van der Waals surface area (Å²) in [4.78, 5) is 44.7. The molecule has 2 atom stereocenters. The summed E-state index contributed by atoms with van der Waals surface area (Å²) in [6.07, 6.45) is 19.9. The van der Waals surface area contributed by atoms with Gasteiger partial charge in [-0.05, 0) is 86.9 Å². The van der Waals surface area contributed by atoms with E-state index >= 15 is 0 Å². The number of pyridine rings is 2. The Bertz CT molecular complexity index is 2790. The lowest BCUT2D eigenvalue weighted by Crippen LogP contribution is -2.39. The van der Waals surface area contributed by atoms with E-state index in [1.165, 1.54) is 31.4 Å². The van der Waals surface area contributed by atoms with Crippen LogP contribution in [0, 0.1) is 0 Å². The molecule has 0 unspecified atom stereocenters. The molecule has 8 heterocycles. The van der Waals surface area contributed by atoms with Gasteiger partial charge in [-0.2, -0.15) is 10.2 Å². The third-order valence-electron chi connectivity index (χ3n) is 11.9. The molecule has 8 aromatic rings. The fraction of sp³-hybridized carbons (Fsp3) is 0.321. The summed E-state index contributed by atoms with van der Waals surface area (Å²) in [6, 6.07) is 31.2. The Morgan fingerprint density at radius 3 is 1.76 bits per heavy atom. The predicted octanol–water partition coefficient (Wildman–Crippen LogP) is 9.77. The van der Waals surface area contributed by atoms with Crippen LogP contribution in [0.25, 0.3) is 33.5 Å². The van der Waals surface area contributed by atoms with Crippen molar-refractivity contribution in [2.45, 2.75) is 92.2 Å². The number of aryl methyl sites for hydroxylation is 3. The molecule has 14 heteroatoms. The normalized spacial score (nSPS) is 15.1. The van der Waals surface area contributed by atoms with Crippen molar-refractivity contribution < 1.29 is 14.7 Å². The average Bonchev–Trinajstić information content (AvgIpc) is 4.20. The number of hydrogen-bond donors (Lipinski definition) is 3. The number of nitrogens with one attached hydrogen (secondary N) is 2. The summed E-state index contributed by atoms with van der Waals surface area (Å²) < 4.78 is 3.38. The molecule has 0 saturated carbocycles. The van der Waals surface area contributed by atoms with Crippen LogP contribution in [0.2, 0.25) is 0 Å². The molecule has 14 nitrogen and oxygen atoms in total. The molecule has 0 radical (unpaired) electrons. The van der Waals surface area contributed by atoms with Crippen LogP contribution in [0.5, 0.6) is 0 Å². The number of nitrogens with zero attached hydrogens (tertiary/aromatic N) is 9. The first-order valence-corrected chi connectivity index (χ1v) is 22.6. The van der Waals surface area contributed by atoms with Crippen molar-refractivity contribution in [2.24, 2.45) is 0 Å². The molecule has 2 aliphatic heterocycles. The summed E-state index contributed by atoms with van der Waals surface area (Å²) in [5.74, 6) is 0.648. The molecule has 0 aliphatic carbocycles. The predicted molar refractivity (Wildman–Crippen MR) is 266 cm³/mol. The molecule has 67 heavy (non-hydrogen) atoms. The second-order valence-electron chi connectivity index (χ2n) is 16.2. The minimum atomic E-state index is -0.963. The van der Waals surface area contributed by atoms with Crippen LogP contribution in [0.3, 0.4) is 0 Å². The minimum absolute atomic E-state index is 0. The molecule has 2 fully saturated rings. The first-order chi connectivity index (χ1) is 31.9. The summed E-state index contributed by atoms with van der Waals surface area (Å²) in [7, 11) is 0. The molecule has 0 bridgehead atoms. The van der Waals surface area contributed by atoms with E-state index in [9.17, 15) is 14.7 Å². The van der Waals surface area contributed by atoms with Crippen LogP contribution in [-0.4, -0.2) is 92.8 Å². The Morgan fingerprint density at radius 1 is 0.687 bits per heavy atom. The van der Waals surface area contributed by atoms with E-state index < -0.39 is 5.97 Å². The lowest BCUT2D eigenvalue weighted by Gasteiger charge is -2.25. The Kier molecular flexibility index (Phi) is 17.4. The third-order valence-corrected chi connectivity index (χ3v) is 11.9. The van der Waals surface area contributed by atoms with Gasteiger partial charge < -0.3 is 20.6 Å². The fourth-order valence-electron chi connectivity index (χ4n) is 8.31. The van der Waals surface area contributed by atoms with Gasteiger partial charge in [0.25, 0.3) is 5.91 Å². The van der Waals surface area contributed by atoms with Crippen LogP contribution in [0.4, 0.5) is 5.95 Å². The number of aromatic nitrogens is 8. The highest BCUT2D eigenvalue weighted by atomic mass is 16.4. The van der Waals surface area contributed by atoms with E-state index in [1.807, 2.05) is 121 Å². The van der Waals surface area contributed by atoms with Crippen molar-refractivity contribution in [3.63, 3.8) is 0 Å². The van der Waals surface area contributed by atoms with Crippen LogP contribution < -0.4 is 10.6 Å². The first-order valence-electron chi connectivity index (χ1n) is 22.6. The van der Waals surface area contributed by atoms with Crippen molar-refractivity contribution in [3.8, 4) is 22.5 Å². The van der Waals surface area contributed by atoms with E-state index in [4.69, 9.17) is 5.10 Å². The Labute approximate surface area is 393 Å². The number of carboxylic acids is 1. The van der Waals surface area contributed by atoms with Crippen molar-refractivity contribution in [3.05, 3.63) is 162 Å².